The van der Waals surface area contributed by atoms with Crippen molar-refractivity contribution in [1.82, 2.24) is 5.32 Å². The zero-order chi connectivity index (χ0) is 21.4. The molecule has 0 saturated heterocycles. The highest BCUT2D eigenvalue weighted by molar-refractivity contribution is 5.92. The quantitative estimate of drug-likeness (QED) is 0.701. The minimum absolute atomic E-state index is 0.0310. The lowest BCUT2D eigenvalue weighted by atomic mass is 10.1. The number of rotatable bonds is 9. The van der Waals surface area contributed by atoms with Crippen molar-refractivity contribution in [2.45, 2.75) is 41.0 Å². The van der Waals surface area contributed by atoms with Crippen LogP contribution in [0.2, 0.25) is 0 Å². The number of carbonyl (C=O) groups excluding carboxylic acids is 2. The highest BCUT2D eigenvalue weighted by atomic mass is 16.2. The molecule has 5 heteroatoms. The van der Waals surface area contributed by atoms with E-state index < -0.39 is 0 Å². The highest BCUT2D eigenvalue weighted by Gasteiger charge is 2.15. The van der Waals surface area contributed by atoms with E-state index in [1.54, 1.807) is 11.8 Å². The van der Waals surface area contributed by atoms with E-state index in [0.29, 0.717) is 19.5 Å². The van der Waals surface area contributed by atoms with Gasteiger partial charge in [-0.25, -0.2) is 0 Å². The van der Waals surface area contributed by atoms with Crippen molar-refractivity contribution in [3.8, 4) is 0 Å². The molecule has 0 saturated carbocycles. The zero-order valence-corrected chi connectivity index (χ0v) is 18.3. The smallest absolute Gasteiger partial charge is 0.224 e. The third-order valence-corrected chi connectivity index (χ3v) is 5.12. The maximum Gasteiger partial charge on any atom is 0.224 e. The summed E-state index contributed by atoms with van der Waals surface area (Å²) < 4.78 is 0. The van der Waals surface area contributed by atoms with E-state index in [1.165, 1.54) is 5.56 Å². The highest BCUT2D eigenvalue weighted by Crippen LogP contribution is 2.25. The molecule has 156 valence electrons. The maximum absolute atomic E-state index is 12.2. The first-order valence-electron chi connectivity index (χ1n) is 10.3. The molecule has 2 rings (SSSR count). The fourth-order valence-corrected chi connectivity index (χ4v) is 3.44. The number of benzene rings is 2. The summed E-state index contributed by atoms with van der Waals surface area (Å²) in [5.41, 5.74) is 5.26. The molecule has 0 aliphatic rings. The number of hydrogen-bond donors (Lipinski definition) is 1. The Balaban J connectivity index is 1.98. The van der Waals surface area contributed by atoms with Crippen LogP contribution in [0.25, 0.3) is 0 Å². The fourth-order valence-electron chi connectivity index (χ4n) is 3.44. The van der Waals surface area contributed by atoms with Gasteiger partial charge in [-0.15, -0.1) is 0 Å². The van der Waals surface area contributed by atoms with Crippen molar-refractivity contribution in [2.24, 2.45) is 0 Å². The van der Waals surface area contributed by atoms with Crippen LogP contribution < -0.4 is 15.1 Å². The standard InChI is InChI=1S/C24H33N3O2/c1-6-26(7-2)22-12-13-23(19(4)16-22)27(20(5)28)15-14-25-24(29)17-21-10-8-18(3)9-11-21/h8-13,16H,6-7,14-15,17H2,1-5H3,(H,25,29). The van der Waals surface area contributed by atoms with Gasteiger partial charge in [0.05, 0.1) is 6.42 Å². The third-order valence-electron chi connectivity index (χ3n) is 5.12. The Morgan fingerprint density at radius 1 is 0.966 bits per heavy atom. The van der Waals surface area contributed by atoms with Crippen LogP contribution in [0, 0.1) is 13.8 Å². The molecule has 29 heavy (non-hydrogen) atoms. The average Bonchev–Trinajstić information content (AvgIpc) is 2.68. The van der Waals surface area contributed by atoms with Crippen LogP contribution in [-0.2, 0) is 16.0 Å². The molecule has 0 bridgehead atoms. The molecule has 0 unspecified atom stereocenters. The van der Waals surface area contributed by atoms with Crippen molar-refractivity contribution in [3.05, 3.63) is 59.2 Å². The maximum atomic E-state index is 12.2. The summed E-state index contributed by atoms with van der Waals surface area (Å²) in [6.45, 7) is 12.6. The predicted octanol–water partition coefficient (Wildman–Crippen LogP) is 3.86. The molecule has 5 nitrogen and oxygen atoms in total. The normalized spacial score (nSPS) is 10.5. The summed E-state index contributed by atoms with van der Waals surface area (Å²) in [4.78, 5) is 28.5. The van der Waals surface area contributed by atoms with Crippen LogP contribution in [0.3, 0.4) is 0 Å². The van der Waals surface area contributed by atoms with Gasteiger partial charge in [-0.3, -0.25) is 9.59 Å². The fraction of sp³-hybridized carbons (Fsp3) is 0.417. The Labute approximate surface area is 174 Å². The minimum Gasteiger partial charge on any atom is -0.372 e. The molecule has 0 aliphatic heterocycles. The molecule has 0 fully saturated rings. The van der Waals surface area contributed by atoms with Gasteiger partial charge in [0.2, 0.25) is 11.8 Å². The molecule has 0 spiro atoms. The minimum atomic E-state index is -0.0361. The van der Waals surface area contributed by atoms with Crippen molar-refractivity contribution in [3.63, 3.8) is 0 Å². The first kappa shape index (κ1) is 22.5. The average molecular weight is 396 g/mol. The molecule has 2 aromatic rings. The molecule has 2 amide bonds. The van der Waals surface area contributed by atoms with Crippen molar-refractivity contribution in [1.29, 1.82) is 0 Å². The number of aryl methyl sites for hydroxylation is 2. The van der Waals surface area contributed by atoms with Crippen molar-refractivity contribution < 1.29 is 9.59 Å². The van der Waals surface area contributed by atoms with E-state index in [4.69, 9.17) is 0 Å². The Bertz CT molecular complexity index is 827. The van der Waals surface area contributed by atoms with Gasteiger partial charge in [-0.1, -0.05) is 29.8 Å². The summed E-state index contributed by atoms with van der Waals surface area (Å²) in [5.74, 6) is -0.0672. The van der Waals surface area contributed by atoms with Gasteiger partial charge in [-0.05, 0) is 57.0 Å². The van der Waals surface area contributed by atoms with E-state index in [9.17, 15) is 9.59 Å². The first-order chi connectivity index (χ1) is 13.8. The summed E-state index contributed by atoms with van der Waals surface area (Å²) in [6.07, 6.45) is 0.345. The number of nitrogens with zero attached hydrogens (tertiary/aromatic N) is 2. The number of amides is 2. The topological polar surface area (TPSA) is 52.6 Å². The molecule has 0 aliphatic carbocycles. The Morgan fingerprint density at radius 3 is 2.17 bits per heavy atom. The van der Waals surface area contributed by atoms with E-state index in [2.05, 4.69) is 36.2 Å². The molecular formula is C24H33N3O2. The van der Waals surface area contributed by atoms with Crippen LogP contribution in [0.5, 0.6) is 0 Å². The summed E-state index contributed by atoms with van der Waals surface area (Å²) >= 11 is 0. The number of hydrogen-bond acceptors (Lipinski definition) is 3. The second kappa shape index (κ2) is 10.6. The Hall–Kier alpha value is -2.82. The molecule has 0 aromatic heterocycles. The van der Waals surface area contributed by atoms with Crippen molar-refractivity contribution >= 4 is 23.2 Å². The predicted molar refractivity (Wildman–Crippen MR) is 121 cm³/mol. The lowest BCUT2D eigenvalue weighted by molar-refractivity contribution is -0.121. The largest absolute Gasteiger partial charge is 0.372 e. The van der Waals surface area contributed by atoms with Crippen LogP contribution in [0.1, 0.15) is 37.5 Å². The molecule has 2 aromatic carbocycles. The number of anilines is 2. The van der Waals surface area contributed by atoms with Gasteiger partial charge in [0, 0.05) is 44.5 Å². The molecule has 1 N–H and O–H groups in total. The van der Waals surface area contributed by atoms with Gasteiger partial charge >= 0.3 is 0 Å². The molecule has 0 heterocycles. The summed E-state index contributed by atoms with van der Waals surface area (Å²) in [6, 6.07) is 14.1. The van der Waals surface area contributed by atoms with E-state index in [-0.39, 0.29) is 11.8 Å². The first-order valence-corrected chi connectivity index (χ1v) is 10.3. The van der Waals surface area contributed by atoms with E-state index >= 15 is 0 Å². The van der Waals surface area contributed by atoms with Crippen LogP contribution >= 0.6 is 0 Å². The van der Waals surface area contributed by atoms with E-state index in [1.807, 2.05) is 44.2 Å². The molecule has 0 radical (unpaired) electrons. The van der Waals surface area contributed by atoms with Crippen LogP contribution in [0.4, 0.5) is 11.4 Å². The van der Waals surface area contributed by atoms with E-state index in [0.717, 1.165) is 35.6 Å². The SMILES string of the molecule is CCN(CC)c1ccc(N(CCNC(=O)Cc2ccc(C)cc2)C(C)=O)c(C)c1. The Kier molecular flexibility index (Phi) is 8.25. The lowest BCUT2D eigenvalue weighted by Gasteiger charge is -2.26. The Morgan fingerprint density at radius 2 is 1.62 bits per heavy atom. The summed E-state index contributed by atoms with van der Waals surface area (Å²) in [7, 11) is 0. The monoisotopic (exact) mass is 395 g/mol. The second-order valence-electron chi connectivity index (χ2n) is 7.33. The van der Waals surface area contributed by atoms with Gasteiger partial charge in [0.1, 0.15) is 0 Å². The molecule has 0 atom stereocenters. The number of nitrogens with one attached hydrogen (secondary N) is 1. The lowest BCUT2D eigenvalue weighted by Crippen LogP contribution is -2.38. The van der Waals surface area contributed by atoms with Gasteiger partial charge in [0.25, 0.3) is 0 Å². The summed E-state index contributed by atoms with van der Waals surface area (Å²) in [5, 5.41) is 2.93. The third kappa shape index (κ3) is 6.34. The van der Waals surface area contributed by atoms with Crippen molar-refractivity contribution in [2.75, 3.05) is 36.0 Å². The van der Waals surface area contributed by atoms with Crippen LogP contribution in [-0.4, -0.2) is 38.0 Å². The van der Waals surface area contributed by atoms with Gasteiger partial charge in [-0.2, -0.15) is 0 Å². The van der Waals surface area contributed by atoms with Gasteiger partial charge in [0.15, 0.2) is 0 Å². The zero-order valence-electron chi connectivity index (χ0n) is 18.3. The van der Waals surface area contributed by atoms with Gasteiger partial charge < -0.3 is 15.1 Å². The number of carbonyl (C=O) groups is 2. The molecular weight excluding hydrogens is 362 g/mol. The van der Waals surface area contributed by atoms with Crippen LogP contribution in [0.15, 0.2) is 42.5 Å². The second-order valence-corrected chi connectivity index (χ2v) is 7.33.